The molecule has 36 heavy (non-hydrogen) atoms. The quantitative estimate of drug-likeness (QED) is 0.247. The van der Waals surface area contributed by atoms with Gasteiger partial charge >= 0.3 is 0 Å². The lowest BCUT2D eigenvalue weighted by Crippen LogP contribution is -2.43. The number of benzene rings is 3. The van der Waals surface area contributed by atoms with Gasteiger partial charge in [0.1, 0.15) is 5.75 Å². The Bertz CT molecular complexity index is 1180. The fourth-order valence-corrected chi connectivity index (χ4v) is 4.59. The lowest BCUT2D eigenvalue weighted by atomic mass is 9.93. The number of carbonyl (C=O) groups is 1. The van der Waals surface area contributed by atoms with Crippen molar-refractivity contribution in [3.8, 4) is 5.75 Å². The standard InChI is InChI=1S/C28H32Cl2N2O4/c1-28(2,32-16-26(35)21-6-7-25(34)22(12-21)17-33)14-19-5-3-4-18(8-19)11-27(36)31-15-20-9-23(29)13-24(30)10-20/h3-10,12-13,26,32-35H,11,14-17H2,1-2H3,(H,31,36)/t26-/m0/s1. The molecule has 6 nitrogen and oxygen atoms in total. The Morgan fingerprint density at radius 2 is 1.67 bits per heavy atom. The van der Waals surface area contributed by atoms with Crippen molar-refractivity contribution in [2.45, 2.75) is 51.5 Å². The number of hydrogen-bond donors (Lipinski definition) is 5. The number of aliphatic hydroxyl groups excluding tert-OH is 2. The van der Waals surface area contributed by atoms with Crippen molar-refractivity contribution >= 4 is 29.1 Å². The average Bonchev–Trinajstić information content (AvgIpc) is 2.81. The monoisotopic (exact) mass is 530 g/mol. The molecular formula is C28H32Cl2N2O4. The molecule has 1 amide bonds. The van der Waals surface area contributed by atoms with Crippen LogP contribution in [-0.4, -0.2) is 33.3 Å². The van der Waals surface area contributed by atoms with Crippen molar-refractivity contribution in [3.05, 3.63) is 98.5 Å². The predicted octanol–water partition coefficient (Wildman–Crippen LogP) is 4.69. The van der Waals surface area contributed by atoms with Crippen LogP contribution in [0.25, 0.3) is 0 Å². The van der Waals surface area contributed by atoms with Gasteiger partial charge in [-0.05, 0) is 72.9 Å². The zero-order valence-electron chi connectivity index (χ0n) is 20.4. The molecule has 3 rings (SSSR count). The maximum atomic E-state index is 12.5. The van der Waals surface area contributed by atoms with E-state index in [2.05, 4.69) is 10.6 Å². The summed E-state index contributed by atoms with van der Waals surface area (Å²) in [5.74, 6) is -0.0935. The summed E-state index contributed by atoms with van der Waals surface area (Å²) in [6, 6.07) is 17.8. The van der Waals surface area contributed by atoms with Crippen molar-refractivity contribution in [2.24, 2.45) is 0 Å². The summed E-state index contributed by atoms with van der Waals surface area (Å²) in [6.07, 6.45) is 0.149. The molecule has 0 aliphatic heterocycles. The Kier molecular flexibility index (Phi) is 9.77. The molecule has 5 N–H and O–H groups in total. The van der Waals surface area contributed by atoms with Crippen LogP contribution in [-0.2, 0) is 30.8 Å². The largest absolute Gasteiger partial charge is 0.508 e. The first-order valence-corrected chi connectivity index (χ1v) is 12.5. The molecule has 0 aromatic heterocycles. The molecule has 8 heteroatoms. The third-order valence-electron chi connectivity index (χ3n) is 5.85. The van der Waals surface area contributed by atoms with Gasteiger partial charge in [0.05, 0.1) is 19.1 Å². The van der Waals surface area contributed by atoms with Crippen molar-refractivity contribution in [1.82, 2.24) is 10.6 Å². The molecule has 0 aliphatic carbocycles. The van der Waals surface area contributed by atoms with Gasteiger partial charge in [0.2, 0.25) is 5.91 Å². The second-order valence-corrected chi connectivity index (χ2v) is 10.4. The number of halogens is 2. The number of carbonyl (C=O) groups excluding carboxylic acids is 1. The molecule has 0 fully saturated rings. The zero-order valence-corrected chi connectivity index (χ0v) is 21.9. The first kappa shape index (κ1) is 28.0. The summed E-state index contributed by atoms with van der Waals surface area (Å²) in [5, 5.41) is 37.0. The lowest BCUT2D eigenvalue weighted by Gasteiger charge is -2.28. The van der Waals surface area contributed by atoms with Gasteiger partial charge in [-0.15, -0.1) is 0 Å². The van der Waals surface area contributed by atoms with E-state index >= 15 is 0 Å². The zero-order chi connectivity index (χ0) is 26.3. The molecule has 0 saturated heterocycles. The van der Waals surface area contributed by atoms with Crippen LogP contribution >= 0.6 is 23.2 Å². The first-order valence-electron chi connectivity index (χ1n) is 11.7. The molecule has 3 aromatic carbocycles. The van der Waals surface area contributed by atoms with Gasteiger partial charge < -0.3 is 26.0 Å². The minimum Gasteiger partial charge on any atom is -0.508 e. The van der Waals surface area contributed by atoms with Crippen LogP contribution in [0.5, 0.6) is 5.75 Å². The van der Waals surface area contributed by atoms with E-state index < -0.39 is 6.10 Å². The van der Waals surface area contributed by atoms with Crippen LogP contribution in [0.2, 0.25) is 10.0 Å². The van der Waals surface area contributed by atoms with Crippen molar-refractivity contribution in [1.29, 1.82) is 0 Å². The van der Waals surface area contributed by atoms with Gasteiger partial charge in [-0.1, -0.05) is 53.5 Å². The van der Waals surface area contributed by atoms with Crippen LogP contribution < -0.4 is 10.6 Å². The average molecular weight is 531 g/mol. The van der Waals surface area contributed by atoms with Crippen LogP contribution in [0.4, 0.5) is 0 Å². The van der Waals surface area contributed by atoms with E-state index in [9.17, 15) is 20.1 Å². The molecular weight excluding hydrogens is 499 g/mol. The van der Waals surface area contributed by atoms with E-state index in [0.717, 1.165) is 16.7 Å². The smallest absolute Gasteiger partial charge is 0.224 e. The van der Waals surface area contributed by atoms with Crippen LogP contribution in [0.3, 0.4) is 0 Å². The molecule has 3 aromatic rings. The highest BCUT2D eigenvalue weighted by Gasteiger charge is 2.20. The number of β-amino-alcohol motifs (C(OH)–C–C–N with tert-alkyl or cyclic N) is 1. The maximum absolute atomic E-state index is 12.5. The molecule has 0 bridgehead atoms. The summed E-state index contributed by atoms with van der Waals surface area (Å²) in [5.41, 5.74) is 3.48. The third-order valence-corrected chi connectivity index (χ3v) is 6.28. The van der Waals surface area contributed by atoms with Gasteiger partial charge in [-0.25, -0.2) is 0 Å². The molecule has 0 heterocycles. The Hall–Kier alpha value is -2.61. The van der Waals surface area contributed by atoms with Gasteiger partial charge in [0.25, 0.3) is 0 Å². The highest BCUT2D eigenvalue weighted by Crippen LogP contribution is 2.23. The molecule has 0 aliphatic rings. The fraction of sp³-hybridized carbons (Fsp3) is 0.321. The summed E-state index contributed by atoms with van der Waals surface area (Å²) in [4.78, 5) is 12.5. The Morgan fingerprint density at radius 1 is 0.972 bits per heavy atom. The molecule has 192 valence electrons. The number of hydrogen-bond acceptors (Lipinski definition) is 5. The normalized spacial score (nSPS) is 12.4. The summed E-state index contributed by atoms with van der Waals surface area (Å²) in [6.45, 7) is 4.45. The number of nitrogens with one attached hydrogen (secondary N) is 2. The number of phenols is 1. The number of amides is 1. The number of aromatic hydroxyl groups is 1. The van der Waals surface area contributed by atoms with E-state index in [-0.39, 0.29) is 30.2 Å². The van der Waals surface area contributed by atoms with E-state index in [1.165, 1.54) is 6.07 Å². The van der Waals surface area contributed by atoms with Crippen molar-refractivity contribution in [3.63, 3.8) is 0 Å². The second-order valence-electron chi connectivity index (χ2n) is 9.55. The highest BCUT2D eigenvalue weighted by molar-refractivity contribution is 6.34. The van der Waals surface area contributed by atoms with Gasteiger partial charge in [0, 0.05) is 34.2 Å². The predicted molar refractivity (Wildman–Crippen MR) is 143 cm³/mol. The van der Waals surface area contributed by atoms with Crippen molar-refractivity contribution < 1.29 is 20.1 Å². The highest BCUT2D eigenvalue weighted by atomic mass is 35.5. The Morgan fingerprint density at radius 3 is 2.36 bits per heavy atom. The Balaban J connectivity index is 1.53. The second kappa shape index (κ2) is 12.6. The molecule has 0 radical (unpaired) electrons. The van der Waals surface area contributed by atoms with Crippen LogP contribution in [0.1, 0.15) is 47.8 Å². The van der Waals surface area contributed by atoms with E-state index in [4.69, 9.17) is 23.2 Å². The van der Waals surface area contributed by atoms with Crippen molar-refractivity contribution in [2.75, 3.05) is 6.54 Å². The molecule has 1 atom stereocenters. The van der Waals surface area contributed by atoms with Gasteiger partial charge in [-0.3, -0.25) is 4.79 Å². The van der Waals surface area contributed by atoms with Gasteiger partial charge in [0.15, 0.2) is 0 Å². The molecule has 0 unspecified atom stereocenters. The Labute approximate surface area is 221 Å². The SMILES string of the molecule is CC(C)(Cc1cccc(CC(=O)NCc2cc(Cl)cc(Cl)c2)c1)NC[C@H](O)c1ccc(O)c(CO)c1. The molecule has 0 saturated carbocycles. The maximum Gasteiger partial charge on any atom is 0.224 e. The van der Waals surface area contributed by atoms with E-state index in [1.807, 2.05) is 38.1 Å². The minimum atomic E-state index is -0.792. The van der Waals surface area contributed by atoms with Crippen LogP contribution in [0, 0.1) is 0 Å². The number of aliphatic hydroxyl groups is 2. The van der Waals surface area contributed by atoms with E-state index in [1.54, 1.807) is 30.3 Å². The summed E-state index contributed by atoms with van der Waals surface area (Å²) >= 11 is 12.0. The van der Waals surface area contributed by atoms with Gasteiger partial charge in [-0.2, -0.15) is 0 Å². The van der Waals surface area contributed by atoms with Crippen LogP contribution in [0.15, 0.2) is 60.7 Å². The third kappa shape index (κ3) is 8.50. The van der Waals surface area contributed by atoms with E-state index in [0.29, 0.717) is 40.7 Å². The topological polar surface area (TPSA) is 102 Å². The lowest BCUT2D eigenvalue weighted by molar-refractivity contribution is -0.120. The fourth-order valence-electron chi connectivity index (χ4n) is 4.01. The minimum absolute atomic E-state index is 0.00385. The summed E-state index contributed by atoms with van der Waals surface area (Å²) in [7, 11) is 0. The number of rotatable bonds is 11. The first-order chi connectivity index (χ1) is 17.0. The molecule has 0 spiro atoms. The summed E-state index contributed by atoms with van der Waals surface area (Å²) < 4.78 is 0.